The third-order valence-corrected chi connectivity index (χ3v) is 16.3. The Morgan fingerprint density at radius 3 is 1.09 bits per heavy atom. The van der Waals surface area contributed by atoms with Gasteiger partial charge in [0.2, 0.25) is 5.91 Å². The number of aliphatic hydroxyl groups excluding tert-OH is 1. The maximum Gasteiger partial charge on any atom is 0.268 e. The molecular weight excluding hydrogens is 960 g/mol. The van der Waals surface area contributed by atoms with Crippen LogP contribution in [-0.4, -0.2) is 68.5 Å². The van der Waals surface area contributed by atoms with E-state index in [9.17, 15) is 19.4 Å². The van der Waals surface area contributed by atoms with Crippen molar-refractivity contribution in [1.82, 2.24) is 5.32 Å². The number of nitrogens with one attached hydrogen (secondary N) is 1. The van der Waals surface area contributed by atoms with Crippen LogP contribution in [0, 0.1) is 0 Å². The number of carbonyl (C=O) groups is 1. The Kier molecular flexibility index (Phi) is 57.4. The van der Waals surface area contributed by atoms with Gasteiger partial charge < -0.3 is 28.8 Å². The highest BCUT2D eigenvalue weighted by atomic mass is 31.2. The van der Waals surface area contributed by atoms with Crippen LogP contribution in [0.3, 0.4) is 0 Å². The van der Waals surface area contributed by atoms with Crippen molar-refractivity contribution in [2.45, 2.75) is 347 Å². The van der Waals surface area contributed by atoms with Gasteiger partial charge in [-0.05, 0) is 51.4 Å². The standard InChI is InChI=1S/C67H131N2O6P/c1-6-8-10-12-14-16-18-20-22-24-26-27-28-29-30-31-32-33-34-35-36-37-38-39-40-41-43-45-47-49-51-53-55-57-59-61-67(71)68-65(64-75-76(72,73)74-63-62-69(3,4)5)66(70)60-58-56-54-52-50-48-46-44-42-25-23-21-19-17-15-13-11-9-7-2/h28-29,31-32,58,60,65-66,70H,6-27,30,33-57,59,61-64H2,1-5H3,(H-,68,71,72,73)/b29-28-,32-31-,60-58+. The Morgan fingerprint density at radius 2 is 0.763 bits per heavy atom. The zero-order chi connectivity index (χ0) is 55.6. The van der Waals surface area contributed by atoms with Gasteiger partial charge in [0, 0.05) is 6.42 Å². The van der Waals surface area contributed by atoms with Crippen LogP contribution in [0.2, 0.25) is 0 Å². The van der Waals surface area contributed by atoms with Gasteiger partial charge in [-0.25, -0.2) is 0 Å². The number of likely N-dealkylation sites (N-methyl/N-ethyl adjacent to an activating group) is 1. The SMILES string of the molecule is CCCCCCCCCCCCC/C=C\C/C=C\CCCCCCCCCCCCCCCCCCCC(=O)NC(COP(=O)([O-])OCC[N+](C)(C)C)C(O)/C=C/CCCCCCCCCCCCCCCCCCC. The van der Waals surface area contributed by atoms with Gasteiger partial charge in [-0.2, -0.15) is 0 Å². The summed E-state index contributed by atoms with van der Waals surface area (Å²) >= 11 is 0. The first-order chi connectivity index (χ1) is 37.0. The fourth-order valence-corrected chi connectivity index (χ4v) is 10.9. The summed E-state index contributed by atoms with van der Waals surface area (Å²) in [6, 6.07) is -0.886. The molecule has 8 nitrogen and oxygen atoms in total. The van der Waals surface area contributed by atoms with E-state index < -0.39 is 20.0 Å². The highest BCUT2D eigenvalue weighted by Crippen LogP contribution is 2.38. The third kappa shape index (κ3) is 60.4. The van der Waals surface area contributed by atoms with Gasteiger partial charge in [-0.1, -0.05) is 314 Å². The second-order valence-corrected chi connectivity index (χ2v) is 25.6. The topological polar surface area (TPSA) is 108 Å². The monoisotopic (exact) mass is 1090 g/mol. The number of amides is 1. The van der Waals surface area contributed by atoms with Crippen LogP contribution in [0.4, 0.5) is 0 Å². The summed E-state index contributed by atoms with van der Waals surface area (Å²) in [7, 11) is 1.27. The summed E-state index contributed by atoms with van der Waals surface area (Å²) in [6.07, 6.45) is 76.8. The van der Waals surface area contributed by atoms with E-state index in [0.717, 1.165) is 44.9 Å². The summed E-state index contributed by atoms with van der Waals surface area (Å²) in [5.74, 6) is -0.192. The lowest BCUT2D eigenvalue weighted by Crippen LogP contribution is -2.45. The van der Waals surface area contributed by atoms with E-state index in [0.29, 0.717) is 17.4 Å². The minimum atomic E-state index is -4.60. The minimum Gasteiger partial charge on any atom is -0.756 e. The first kappa shape index (κ1) is 74.7. The predicted octanol–water partition coefficient (Wildman–Crippen LogP) is 20.3. The molecule has 9 heteroatoms. The number of rotatable bonds is 62. The van der Waals surface area contributed by atoms with E-state index in [-0.39, 0.29) is 19.1 Å². The first-order valence-corrected chi connectivity index (χ1v) is 34.8. The lowest BCUT2D eigenvalue weighted by molar-refractivity contribution is -0.870. The molecule has 0 aromatic rings. The molecule has 0 heterocycles. The molecule has 0 aromatic carbocycles. The molecule has 0 saturated heterocycles. The van der Waals surface area contributed by atoms with E-state index in [1.165, 1.54) is 270 Å². The molecule has 0 aliphatic rings. The molecule has 0 rings (SSSR count). The van der Waals surface area contributed by atoms with Crippen molar-refractivity contribution >= 4 is 13.7 Å². The summed E-state index contributed by atoms with van der Waals surface area (Å²) in [6.45, 7) is 4.70. The van der Waals surface area contributed by atoms with Gasteiger partial charge in [-0.3, -0.25) is 9.36 Å². The van der Waals surface area contributed by atoms with Crippen LogP contribution in [-0.2, 0) is 18.4 Å². The van der Waals surface area contributed by atoms with Crippen LogP contribution in [0.1, 0.15) is 335 Å². The maximum atomic E-state index is 13.0. The molecule has 450 valence electrons. The molecule has 0 spiro atoms. The molecule has 2 N–H and O–H groups in total. The van der Waals surface area contributed by atoms with Gasteiger partial charge in [-0.15, -0.1) is 0 Å². The van der Waals surface area contributed by atoms with E-state index in [1.54, 1.807) is 6.08 Å². The number of nitrogens with zero attached hydrogens (tertiary/aromatic N) is 1. The second kappa shape index (κ2) is 58.4. The van der Waals surface area contributed by atoms with Crippen LogP contribution >= 0.6 is 7.82 Å². The number of allylic oxidation sites excluding steroid dienone is 5. The van der Waals surface area contributed by atoms with Crippen molar-refractivity contribution in [3.8, 4) is 0 Å². The van der Waals surface area contributed by atoms with Gasteiger partial charge >= 0.3 is 0 Å². The lowest BCUT2D eigenvalue weighted by atomic mass is 10.0. The maximum absolute atomic E-state index is 13.0. The summed E-state index contributed by atoms with van der Waals surface area (Å²) < 4.78 is 23.4. The average Bonchev–Trinajstić information content (AvgIpc) is 3.38. The molecule has 0 aromatic heterocycles. The summed E-state index contributed by atoms with van der Waals surface area (Å²) in [5, 5.41) is 13.9. The molecule has 3 unspecified atom stereocenters. The fourth-order valence-electron chi connectivity index (χ4n) is 10.1. The Morgan fingerprint density at radius 1 is 0.461 bits per heavy atom. The zero-order valence-corrected chi connectivity index (χ0v) is 52.4. The Balaban J connectivity index is 4.01. The first-order valence-electron chi connectivity index (χ1n) is 33.4. The Labute approximate surface area is 474 Å². The van der Waals surface area contributed by atoms with Crippen molar-refractivity contribution in [3.05, 3.63) is 36.5 Å². The Hall–Kier alpha value is -1.28. The number of aliphatic hydroxyl groups is 1. The minimum absolute atomic E-state index is 0.000605. The third-order valence-electron chi connectivity index (χ3n) is 15.3. The number of hydrogen-bond acceptors (Lipinski definition) is 6. The van der Waals surface area contributed by atoms with Crippen molar-refractivity contribution < 1.29 is 32.9 Å². The smallest absolute Gasteiger partial charge is 0.268 e. The highest BCUT2D eigenvalue weighted by Gasteiger charge is 2.23. The molecule has 76 heavy (non-hydrogen) atoms. The summed E-state index contributed by atoms with van der Waals surface area (Å²) in [5.41, 5.74) is 0. The number of quaternary nitrogens is 1. The van der Waals surface area contributed by atoms with Gasteiger partial charge in [0.05, 0.1) is 39.9 Å². The van der Waals surface area contributed by atoms with Gasteiger partial charge in [0.1, 0.15) is 13.2 Å². The molecule has 0 saturated carbocycles. The molecule has 0 radical (unpaired) electrons. The largest absolute Gasteiger partial charge is 0.756 e. The van der Waals surface area contributed by atoms with E-state index in [4.69, 9.17) is 9.05 Å². The highest BCUT2D eigenvalue weighted by molar-refractivity contribution is 7.45. The number of phosphoric acid groups is 1. The molecule has 3 atom stereocenters. The van der Waals surface area contributed by atoms with Crippen molar-refractivity contribution in [1.29, 1.82) is 0 Å². The van der Waals surface area contributed by atoms with Gasteiger partial charge in [0.15, 0.2) is 0 Å². The molecule has 0 aliphatic carbocycles. The van der Waals surface area contributed by atoms with Crippen LogP contribution in [0.25, 0.3) is 0 Å². The molecule has 0 fully saturated rings. The van der Waals surface area contributed by atoms with E-state index >= 15 is 0 Å². The second-order valence-electron chi connectivity index (χ2n) is 24.2. The predicted molar refractivity (Wildman–Crippen MR) is 330 cm³/mol. The van der Waals surface area contributed by atoms with Crippen LogP contribution < -0.4 is 10.2 Å². The van der Waals surface area contributed by atoms with Crippen molar-refractivity contribution in [2.75, 3.05) is 40.9 Å². The summed E-state index contributed by atoms with van der Waals surface area (Å²) in [4.78, 5) is 25.6. The Bertz CT molecular complexity index is 1330. The fraction of sp³-hybridized carbons (Fsp3) is 0.896. The number of phosphoric ester groups is 1. The number of carbonyl (C=O) groups excluding carboxylic acids is 1. The van der Waals surface area contributed by atoms with Crippen molar-refractivity contribution in [2.24, 2.45) is 0 Å². The van der Waals surface area contributed by atoms with Crippen LogP contribution in [0.5, 0.6) is 0 Å². The molecule has 0 aliphatic heterocycles. The average molecular weight is 1090 g/mol. The molecule has 0 bridgehead atoms. The quantitative estimate of drug-likeness (QED) is 0.0272. The zero-order valence-electron chi connectivity index (χ0n) is 51.5. The van der Waals surface area contributed by atoms with Crippen molar-refractivity contribution in [3.63, 3.8) is 0 Å². The van der Waals surface area contributed by atoms with Crippen LogP contribution in [0.15, 0.2) is 36.5 Å². The van der Waals surface area contributed by atoms with Gasteiger partial charge in [0.25, 0.3) is 7.82 Å². The number of unbranched alkanes of at least 4 members (excludes halogenated alkanes) is 45. The lowest BCUT2D eigenvalue weighted by Gasteiger charge is -2.29. The molecule has 1 amide bonds. The van der Waals surface area contributed by atoms with E-state index in [1.807, 2.05) is 27.2 Å². The van der Waals surface area contributed by atoms with E-state index in [2.05, 4.69) is 43.5 Å². The normalized spacial score (nSPS) is 13.9. The number of hydrogen-bond donors (Lipinski definition) is 2. The molecular formula is C67H131N2O6P.